The van der Waals surface area contributed by atoms with E-state index in [1.54, 1.807) is 12.1 Å². The van der Waals surface area contributed by atoms with Gasteiger partial charge in [0.1, 0.15) is 5.03 Å². The molecule has 0 bridgehead atoms. The van der Waals surface area contributed by atoms with Crippen LogP contribution >= 0.6 is 11.8 Å². The minimum atomic E-state index is -3.90. The van der Waals surface area contributed by atoms with Crippen molar-refractivity contribution >= 4 is 50.3 Å². The van der Waals surface area contributed by atoms with E-state index in [4.69, 9.17) is 11.5 Å². The Morgan fingerprint density at radius 2 is 1.74 bits per heavy atom. The van der Waals surface area contributed by atoms with E-state index in [-0.39, 0.29) is 10.4 Å². The number of nitrogens with one attached hydrogen (secondary N) is 2. The third kappa shape index (κ3) is 3.59. The summed E-state index contributed by atoms with van der Waals surface area (Å²) < 4.78 is 27.2. The number of benzene rings is 2. The van der Waals surface area contributed by atoms with Crippen molar-refractivity contribution in [2.24, 2.45) is 15.9 Å². The molecule has 1 unspecified atom stereocenters. The Hall–Kier alpha value is -3.05. The summed E-state index contributed by atoms with van der Waals surface area (Å²) in [6.45, 7) is 0. The maximum absolute atomic E-state index is 12.0. The van der Waals surface area contributed by atoms with Crippen molar-refractivity contribution in [3.8, 4) is 0 Å². The molecular weight excluding hydrogens is 386 g/mol. The van der Waals surface area contributed by atoms with Crippen LogP contribution in [0.15, 0.2) is 62.9 Å². The number of para-hydroxylation sites is 2. The molecule has 0 aliphatic carbocycles. The Balaban J connectivity index is 1.50. The van der Waals surface area contributed by atoms with E-state index in [1.165, 1.54) is 23.9 Å². The molecule has 0 spiro atoms. The molecular formula is C16H15N7O2S2. The number of nitrogens with zero attached hydrogens (tertiary/aromatic N) is 3. The molecule has 3 aromatic rings. The number of fused-ring (bicyclic) bond motifs is 2. The minimum Gasteiger partial charge on any atom is -0.369 e. The van der Waals surface area contributed by atoms with Gasteiger partial charge in [-0.05, 0) is 36.4 Å². The van der Waals surface area contributed by atoms with Crippen LogP contribution < -0.4 is 22.1 Å². The molecule has 2 aromatic carbocycles. The Kier molecular flexibility index (Phi) is 4.24. The maximum Gasteiger partial charge on any atom is 0.285 e. The van der Waals surface area contributed by atoms with Crippen LogP contribution in [0.3, 0.4) is 0 Å². The number of hydrogen-bond acceptors (Lipinski definition) is 7. The number of rotatable bonds is 4. The molecule has 27 heavy (non-hydrogen) atoms. The Morgan fingerprint density at radius 3 is 2.41 bits per heavy atom. The lowest BCUT2D eigenvalue weighted by Gasteiger charge is -2.13. The van der Waals surface area contributed by atoms with Gasteiger partial charge in [0, 0.05) is 5.69 Å². The number of guanidine groups is 1. The SMILES string of the molecule is NC(N)=NS(=O)(=O)c1ccc(NC2Nc3nc4ccccc4nc3S2)cc1. The van der Waals surface area contributed by atoms with E-state index in [2.05, 4.69) is 25.0 Å². The highest BCUT2D eigenvalue weighted by Crippen LogP contribution is 2.37. The van der Waals surface area contributed by atoms with Gasteiger partial charge in [-0.2, -0.15) is 8.42 Å². The second kappa shape index (κ2) is 6.59. The van der Waals surface area contributed by atoms with Crippen LogP contribution in [-0.2, 0) is 10.0 Å². The van der Waals surface area contributed by atoms with Crippen molar-refractivity contribution in [1.29, 1.82) is 0 Å². The summed E-state index contributed by atoms with van der Waals surface area (Å²) in [6.07, 6.45) is 0. The average molecular weight is 401 g/mol. The van der Waals surface area contributed by atoms with Gasteiger partial charge in [-0.1, -0.05) is 23.9 Å². The molecule has 9 nitrogen and oxygen atoms in total. The molecule has 0 saturated heterocycles. The number of nitrogens with two attached hydrogens (primary N) is 2. The first kappa shape index (κ1) is 17.4. The monoisotopic (exact) mass is 401 g/mol. The van der Waals surface area contributed by atoms with Crippen LogP contribution in [0.5, 0.6) is 0 Å². The van der Waals surface area contributed by atoms with Gasteiger partial charge in [-0.3, -0.25) is 0 Å². The van der Waals surface area contributed by atoms with E-state index in [1.807, 2.05) is 24.3 Å². The zero-order valence-corrected chi connectivity index (χ0v) is 15.5. The van der Waals surface area contributed by atoms with E-state index in [0.717, 1.165) is 21.7 Å². The first-order valence-electron chi connectivity index (χ1n) is 7.83. The summed E-state index contributed by atoms with van der Waals surface area (Å²) in [6, 6.07) is 13.8. The van der Waals surface area contributed by atoms with Crippen molar-refractivity contribution in [3.63, 3.8) is 0 Å². The van der Waals surface area contributed by atoms with Gasteiger partial charge >= 0.3 is 0 Å². The summed E-state index contributed by atoms with van der Waals surface area (Å²) in [7, 11) is -3.90. The van der Waals surface area contributed by atoms with Gasteiger partial charge in [0.05, 0.1) is 15.9 Å². The zero-order valence-electron chi connectivity index (χ0n) is 13.8. The number of anilines is 2. The Morgan fingerprint density at radius 1 is 1.07 bits per heavy atom. The summed E-state index contributed by atoms with van der Waals surface area (Å²) in [5.41, 5.74) is 12.5. The lowest BCUT2D eigenvalue weighted by atomic mass is 10.3. The fraction of sp³-hybridized carbons (Fsp3) is 0.0625. The van der Waals surface area contributed by atoms with Crippen LogP contribution in [0.1, 0.15) is 0 Å². The molecule has 0 amide bonds. The van der Waals surface area contributed by atoms with Gasteiger partial charge < -0.3 is 22.1 Å². The van der Waals surface area contributed by atoms with Gasteiger partial charge in [-0.25, -0.2) is 9.97 Å². The smallest absolute Gasteiger partial charge is 0.285 e. The van der Waals surface area contributed by atoms with Gasteiger partial charge in [0.25, 0.3) is 10.0 Å². The highest BCUT2D eigenvalue weighted by Gasteiger charge is 2.24. The molecule has 1 aliphatic heterocycles. The highest BCUT2D eigenvalue weighted by molar-refractivity contribution is 8.00. The molecule has 1 atom stereocenters. The third-order valence-electron chi connectivity index (χ3n) is 3.71. The predicted molar refractivity (Wildman–Crippen MR) is 106 cm³/mol. The van der Waals surface area contributed by atoms with Crippen LogP contribution in [0.2, 0.25) is 0 Å². The molecule has 0 saturated carbocycles. The van der Waals surface area contributed by atoms with E-state index >= 15 is 0 Å². The maximum atomic E-state index is 12.0. The van der Waals surface area contributed by atoms with Crippen LogP contribution in [0.25, 0.3) is 11.0 Å². The van der Waals surface area contributed by atoms with Crippen molar-refractivity contribution in [2.45, 2.75) is 15.4 Å². The molecule has 2 heterocycles. The molecule has 11 heteroatoms. The van der Waals surface area contributed by atoms with Gasteiger partial charge in [0.2, 0.25) is 5.96 Å². The van der Waals surface area contributed by atoms with Crippen LogP contribution in [0, 0.1) is 0 Å². The largest absolute Gasteiger partial charge is 0.369 e. The number of hydrogen-bond donors (Lipinski definition) is 4. The normalized spacial score (nSPS) is 15.8. The lowest BCUT2D eigenvalue weighted by Crippen LogP contribution is -2.24. The lowest BCUT2D eigenvalue weighted by molar-refractivity contribution is 0.598. The van der Waals surface area contributed by atoms with E-state index in [9.17, 15) is 8.42 Å². The molecule has 4 rings (SSSR count). The quantitative estimate of drug-likeness (QED) is 0.377. The molecule has 0 fully saturated rings. The van der Waals surface area contributed by atoms with Crippen molar-refractivity contribution in [3.05, 3.63) is 48.5 Å². The summed E-state index contributed by atoms with van der Waals surface area (Å²) >= 11 is 1.50. The minimum absolute atomic E-state index is 0.00588. The van der Waals surface area contributed by atoms with E-state index < -0.39 is 16.0 Å². The molecule has 6 N–H and O–H groups in total. The van der Waals surface area contributed by atoms with Crippen molar-refractivity contribution in [1.82, 2.24) is 9.97 Å². The number of sulfonamides is 1. The summed E-state index contributed by atoms with van der Waals surface area (Å²) in [5.74, 6) is 0.206. The predicted octanol–water partition coefficient (Wildman–Crippen LogP) is 1.51. The number of thioether (sulfide) groups is 1. The highest BCUT2D eigenvalue weighted by atomic mass is 32.2. The second-order valence-electron chi connectivity index (χ2n) is 5.67. The Labute approximate surface area is 159 Å². The van der Waals surface area contributed by atoms with Crippen LogP contribution in [-0.4, -0.2) is 29.8 Å². The zero-order chi connectivity index (χ0) is 19.0. The number of aromatic nitrogens is 2. The second-order valence-corrected chi connectivity index (χ2v) is 8.37. The van der Waals surface area contributed by atoms with Crippen molar-refractivity contribution in [2.75, 3.05) is 10.6 Å². The van der Waals surface area contributed by atoms with Gasteiger partial charge in [-0.15, -0.1) is 4.40 Å². The first-order valence-corrected chi connectivity index (χ1v) is 10.2. The fourth-order valence-electron chi connectivity index (χ4n) is 2.56. The Bertz CT molecular complexity index is 1100. The molecule has 1 aromatic heterocycles. The third-order valence-corrected chi connectivity index (χ3v) is 6.01. The van der Waals surface area contributed by atoms with E-state index in [0.29, 0.717) is 5.82 Å². The fourth-order valence-corrected chi connectivity index (χ4v) is 4.38. The topological polar surface area (TPSA) is 148 Å². The molecule has 138 valence electrons. The first-order chi connectivity index (χ1) is 12.9. The standard InChI is InChI=1S/C16H15N7O2S2/c17-15(18)23-27(24,25)10-7-5-9(6-8-10)19-16-22-13-14(26-16)21-12-4-2-1-3-11(12)20-13/h1-8,16,19H,(H,20,22)(H4,17,18,23). The summed E-state index contributed by atoms with van der Waals surface area (Å²) in [5, 5.41) is 7.31. The molecule has 1 aliphatic rings. The average Bonchev–Trinajstić information content (AvgIpc) is 3.00. The van der Waals surface area contributed by atoms with Gasteiger partial charge in [0.15, 0.2) is 11.3 Å². The summed E-state index contributed by atoms with van der Waals surface area (Å²) in [4.78, 5) is 9.18. The molecule has 0 radical (unpaired) electrons. The van der Waals surface area contributed by atoms with Crippen molar-refractivity contribution < 1.29 is 8.42 Å². The van der Waals surface area contributed by atoms with Crippen LogP contribution in [0.4, 0.5) is 11.5 Å².